The van der Waals surface area contributed by atoms with Crippen LogP contribution in [0.3, 0.4) is 0 Å². The summed E-state index contributed by atoms with van der Waals surface area (Å²) in [4.78, 5) is 4.20. The van der Waals surface area contributed by atoms with Crippen molar-refractivity contribution < 1.29 is 0 Å². The molecule has 0 saturated heterocycles. The van der Waals surface area contributed by atoms with Crippen LogP contribution in [0.1, 0.15) is 29.2 Å². The van der Waals surface area contributed by atoms with E-state index in [2.05, 4.69) is 45.2 Å². The molecule has 0 spiro atoms. The predicted molar refractivity (Wildman–Crippen MR) is 90.7 cm³/mol. The number of rotatable bonds is 2. The summed E-state index contributed by atoms with van der Waals surface area (Å²) in [6.07, 6.45) is 5.56. The molecule has 1 aliphatic carbocycles. The number of aromatic nitrogens is 3. The summed E-state index contributed by atoms with van der Waals surface area (Å²) in [5, 5.41) is 5.49. The van der Waals surface area contributed by atoms with Crippen LogP contribution < -0.4 is 0 Å². The highest BCUT2D eigenvalue weighted by atomic mass is 79.9. The number of hydrogen-bond donors (Lipinski definition) is 0. The van der Waals surface area contributed by atoms with Crippen molar-refractivity contribution in [1.82, 2.24) is 14.8 Å². The minimum atomic E-state index is 0.329. The van der Waals surface area contributed by atoms with Gasteiger partial charge in [0.2, 0.25) is 0 Å². The van der Waals surface area contributed by atoms with E-state index < -0.39 is 0 Å². The Labute approximate surface area is 142 Å². The largest absolute Gasteiger partial charge is 0.261 e. The quantitative estimate of drug-likeness (QED) is 0.647. The van der Waals surface area contributed by atoms with E-state index in [1.807, 2.05) is 12.1 Å². The predicted octanol–water partition coefficient (Wildman–Crippen LogP) is 4.76. The molecular formula is C17H13BrClN3. The molecule has 110 valence electrons. The highest BCUT2D eigenvalue weighted by Gasteiger charge is 2.31. The average molecular weight is 375 g/mol. The maximum absolute atomic E-state index is 6.57. The van der Waals surface area contributed by atoms with Crippen molar-refractivity contribution in [3.05, 3.63) is 75.2 Å². The van der Waals surface area contributed by atoms with Gasteiger partial charge < -0.3 is 0 Å². The lowest BCUT2D eigenvalue weighted by molar-refractivity contribution is 0.726. The van der Waals surface area contributed by atoms with Crippen LogP contribution in [-0.4, -0.2) is 14.8 Å². The van der Waals surface area contributed by atoms with E-state index in [0.29, 0.717) is 11.1 Å². The number of fused-ring (bicyclic) bond motifs is 1. The second-order valence-corrected chi connectivity index (χ2v) is 6.70. The summed E-state index contributed by atoms with van der Waals surface area (Å²) < 4.78 is 2.70. The summed E-state index contributed by atoms with van der Waals surface area (Å²) in [5.74, 6) is 0.329. The molecule has 2 aromatic heterocycles. The van der Waals surface area contributed by atoms with E-state index in [1.54, 1.807) is 17.1 Å². The van der Waals surface area contributed by atoms with Gasteiger partial charge in [0.25, 0.3) is 0 Å². The fraction of sp³-hybridized carbons (Fsp3) is 0.176. The Morgan fingerprint density at radius 1 is 1.18 bits per heavy atom. The molecule has 0 N–H and O–H groups in total. The van der Waals surface area contributed by atoms with Crippen LogP contribution in [-0.2, 0) is 6.42 Å². The molecule has 5 heteroatoms. The van der Waals surface area contributed by atoms with Crippen LogP contribution in [0.25, 0.3) is 5.69 Å². The fourth-order valence-corrected chi connectivity index (χ4v) is 3.76. The van der Waals surface area contributed by atoms with Crippen LogP contribution in [0, 0.1) is 0 Å². The van der Waals surface area contributed by atoms with Gasteiger partial charge in [0.1, 0.15) is 5.15 Å². The van der Waals surface area contributed by atoms with Crippen LogP contribution in [0.4, 0.5) is 0 Å². The number of halogens is 2. The fourth-order valence-electron chi connectivity index (χ4n) is 3.08. The number of hydrogen-bond acceptors (Lipinski definition) is 2. The van der Waals surface area contributed by atoms with Gasteiger partial charge in [-0.15, -0.1) is 0 Å². The summed E-state index contributed by atoms with van der Waals surface area (Å²) >= 11 is 10.0. The molecule has 0 fully saturated rings. The highest BCUT2D eigenvalue weighted by Crippen LogP contribution is 2.41. The van der Waals surface area contributed by atoms with E-state index in [-0.39, 0.29) is 0 Å². The van der Waals surface area contributed by atoms with Gasteiger partial charge in [0.05, 0.1) is 17.6 Å². The van der Waals surface area contributed by atoms with Crippen molar-refractivity contribution >= 4 is 27.5 Å². The molecule has 3 nitrogen and oxygen atoms in total. The van der Waals surface area contributed by atoms with Gasteiger partial charge in [-0.3, -0.25) is 4.98 Å². The molecule has 22 heavy (non-hydrogen) atoms. The highest BCUT2D eigenvalue weighted by molar-refractivity contribution is 9.10. The molecule has 4 rings (SSSR count). The maximum Gasteiger partial charge on any atom is 0.136 e. The molecule has 1 unspecified atom stereocenters. The zero-order chi connectivity index (χ0) is 15.1. The van der Waals surface area contributed by atoms with Gasteiger partial charge in [0.15, 0.2) is 0 Å². The standard InChI is InChI=1S/C17H13BrClN3/c18-12-8-13(10-20-9-12)22-17(19)15-7-6-14(16(15)21-22)11-4-2-1-3-5-11/h1-5,8-10,14H,6-7H2. The molecule has 0 radical (unpaired) electrons. The minimum absolute atomic E-state index is 0.329. The van der Waals surface area contributed by atoms with Gasteiger partial charge in [-0.05, 0) is 40.4 Å². The van der Waals surface area contributed by atoms with Crippen molar-refractivity contribution in [2.45, 2.75) is 18.8 Å². The molecule has 0 bridgehead atoms. The first kappa shape index (κ1) is 14.0. The zero-order valence-electron chi connectivity index (χ0n) is 11.7. The van der Waals surface area contributed by atoms with Crippen molar-refractivity contribution in [2.75, 3.05) is 0 Å². The Hall–Kier alpha value is -1.65. The third-order valence-corrected chi connectivity index (χ3v) is 4.92. The van der Waals surface area contributed by atoms with Crippen molar-refractivity contribution in [3.8, 4) is 5.69 Å². The number of nitrogens with zero attached hydrogens (tertiary/aromatic N) is 3. The third kappa shape index (κ3) is 2.27. The first-order valence-corrected chi connectivity index (χ1v) is 8.34. The topological polar surface area (TPSA) is 30.7 Å². The molecule has 0 saturated carbocycles. The lowest BCUT2D eigenvalue weighted by Crippen LogP contribution is -2.02. The van der Waals surface area contributed by atoms with E-state index in [0.717, 1.165) is 34.3 Å². The minimum Gasteiger partial charge on any atom is -0.261 e. The van der Waals surface area contributed by atoms with Crippen molar-refractivity contribution in [3.63, 3.8) is 0 Å². The van der Waals surface area contributed by atoms with Gasteiger partial charge in [0, 0.05) is 22.2 Å². The lowest BCUT2D eigenvalue weighted by atomic mass is 9.97. The Balaban J connectivity index is 1.80. The zero-order valence-corrected chi connectivity index (χ0v) is 14.0. The summed E-state index contributed by atoms with van der Waals surface area (Å²) in [6, 6.07) is 12.5. The van der Waals surface area contributed by atoms with E-state index in [1.165, 1.54) is 5.56 Å². The number of pyridine rings is 1. The monoisotopic (exact) mass is 373 g/mol. The van der Waals surface area contributed by atoms with Gasteiger partial charge in [-0.2, -0.15) is 5.10 Å². The van der Waals surface area contributed by atoms with Crippen LogP contribution in [0.2, 0.25) is 5.15 Å². The van der Waals surface area contributed by atoms with E-state index in [9.17, 15) is 0 Å². The van der Waals surface area contributed by atoms with Crippen LogP contribution in [0.15, 0.2) is 53.3 Å². The summed E-state index contributed by atoms with van der Waals surface area (Å²) in [5.41, 5.74) is 4.43. The molecule has 1 aliphatic rings. The normalized spacial score (nSPS) is 16.7. The lowest BCUT2D eigenvalue weighted by Gasteiger charge is -2.10. The van der Waals surface area contributed by atoms with Crippen LogP contribution in [0.5, 0.6) is 0 Å². The SMILES string of the molecule is Clc1c2c(nn1-c1cncc(Br)c1)C(c1ccccc1)CC2. The van der Waals surface area contributed by atoms with Gasteiger partial charge >= 0.3 is 0 Å². The third-order valence-electron chi connectivity index (χ3n) is 4.10. The smallest absolute Gasteiger partial charge is 0.136 e. The Bertz CT molecular complexity index is 829. The van der Waals surface area contributed by atoms with Gasteiger partial charge in [-0.25, -0.2) is 4.68 Å². The summed E-state index contributed by atoms with van der Waals surface area (Å²) in [7, 11) is 0. The molecule has 3 aromatic rings. The van der Waals surface area contributed by atoms with Gasteiger partial charge in [-0.1, -0.05) is 41.9 Å². The van der Waals surface area contributed by atoms with Crippen LogP contribution >= 0.6 is 27.5 Å². The van der Waals surface area contributed by atoms with E-state index >= 15 is 0 Å². The number of benzene rings is 1. The molecule has 2 heterocycles. The summed E-state index contributed by atoms with van der Waals surface area (Å²) in [6.45, 7) is 0. The Morgan fingerprint density at radius 3 is 2.77 bits per heavy atom. The second-order valence-electron chi connectivity index (χ2n) is 5.43. The average Bonchev–Trinajstić information content (AvgIpc) is 3.09. The second kappa shape index (κ2) is 5.52. The maximum atomic E-state index is 6.57. The molecular weight excluding hydrogens is 362 g/mol. The van der Waals surface area contributed by atoms with Crippen molar-refractivity contribution in [2.24, 2.45) is 0 Å². The molecule has 0 amide bonds. The van der Waals surface area contributed by atoms with E-state index in [4.69, 9.17) is 16.7 Å². The Morgan fingerprint density at radius 2 is 2.00 bits per heavy atom. The molecule has 1 aromatic carbocycles. The Kier molecular flexibility index (Phi) is 3.51. The first-order valence-electron chi connectivity index (χ1n) is 7.17. The first-order chi connectivity index (χ1) is 10.7. The molecule has 0 aliphatic heterocycles. The molecule has 1 atom stereocenters. The van der Waals surface area contributed by atoms with Crippen molar-refractivity contribution in [1.29, 1.82) is 0 Å².